The van der Waals surface area contributed by atoms with Gasteiger partial charge in [-0.3, -0.25) is 0 Å². The molecule has 2 aliphatic carbocycles. The monoisotopic (exact) mass is 644 g/mol. The van der Waals surface area contributed by atoms with Crippen molar-refractivity contribution in [3.8, 4) is 11.5 Å². The van der Waals surface area contributed by atoms with Crippen LogP contribution in [-0.4, -0.2) is 37.9 Å². The first-order chi connectivity index (χ1) is 22.9. The molecular formula is C41H56O6. The number of rotatable bonds is 17. The summed E-state index contributed by atoms with van der Waals surface area (Å²) < 4.78 is 22.6. The van der Waals surface area contributed by atoms with Gasteiger partial charge in [-0.1, -0.05) is 63.8 Å². The molecule has 1 atom stereocenters. The molecule has 4 rings (SSSR count). The highest BCUT2D eigenvalue weighted by Crippen LogP contribution is 2.33. The fraction of sp³-hybridized carbons (Fsp3) is 0.561. The van der Waals surface area contributed by atoms with Crippen molar-refractivity contribution in [2.75, 3.05) is 19.8 Å². The molecule has 0 heterocycles. The summed E-state index contributed by atoms with van der Waals surface area (Å²) in [6.45, 7) is 7.22. The van der Waals surface area contributed by atoms with Gasteiger partial charge in [-0.05, 0) is 130 Å². The molecule has 47 heavy (non-hydrogen) atoms. The third-order valence-electron chi connectivity index (χ3n) is 9.62. The molecule has 256 valence electrons. The Balaban J connectivity index is 1.09. The van der Waals surface area contributed by atoms with Gasteiger partial charge in [-0.25, -0.2) is 9.59 Å². The molecule has 0 unspecified atom stereocenters. The molecule has 2 saturated carbocycles. The number of ether oxygens (including phenoxy) is 4. The van der Waals surface area contributed by atoms with Gasteiger partial charge in [0.1, 0.15) is 37.4 Å². The summed E-state index contributed by atoms with van der Waals surface area (Å²) in [5, 5.41) is 0. The van der Waals surface area contributed by atoms with Crippen molar-refractivity contribution in [3.05, 3.63) is 84.0 Å². The van der Waals surface area contributed by atoms with Crippen LogP contribution in [0.2, 0.25) is 0 Å². The Morgan fingerprint density at radius 1 is 0.660 bits per heavy atom. The highest BCUT2D eigenvalue weighted by atomic mass is 16.6. The number of carbonyl (C=O) groups is 2. The Hall–Kier alpha value is -3.54. The standard InChI is InChI=1S/C41H56O6/c1-4-8-32-12-16-34(17-13-32)10-6-28-44-38-24-20-36(21-25-38)40(42)46-30-31(3)47-41(43)37-22-26-39(27-23-37)45-29-7-11-35-18-14-33(9-5-2)15-19-35/h6-7,10-11,20-27,31-35H,4-5,8-9,12-19,28-30H2,1-3H3/b10-6+,11-7+/t31-,32?,33?,34?,35?/m1/s1. The topological polar surface area (TPSA) is 71.1 Å². The molecule has 2 aromatic carbocycles. The van der Waals surface area contributed by atoms with Gasteiger partial charge in [0.2, 0.25) is 0 Å². The zero-order chi connectivity index (χ0) is 33.3. The van der Waals surface area contributed by atoms with E-state index in [9.17, 15) is 9.59 Å². The van der Waals surface area contributed by atoms with Crippen molar-refractivity contribution in [1.29, 1.82) is 0 Å². The Morgan fingerprint density at radius 3 is 1.51 bits per heavy atom. The summed E-state index contributed by atoms with van der Waals surface area (Å²) in [6.07, 6.45) is 24.0. The van der Waals surface area contributed by atoms with Gasteiger partial charge in [0.05, 0.1) is 11.1 Å². The van der Waals surface area contributed by atoms with Gasteiger partial charge in [0.25, 0.3) is 0 Å². The molecule has 6 nitrogen and oxygen atoms in total. The van der Waals surface area contributed by atoms with Crippen molar-refractivity contribution >= 4 is 11.9 Å². The zero-order valence-electron chi connectivity index (χ0n) is 28.9. The maximum Gasteiger partial charge on any atom is 0.338 e. The summed E-state index contributed by atoms with van der Waals surface area (Å²) >= 11 is 0. The van der Waals surface area contributed by atoms with Gasteiger partial charge in [0, 0.05) is 0 Å². The lowest BCUT2D eigenvalue weighted by Crippen LogP contribution is -2.22. The van der Waals surface area contributed by atoms with Crippen LogP contribution in [0.4, 0.5) is 0 Å². The molecule has 2 aromatic rings. The van der Waals surface area contributed by atoms with Crippen LogP contribution in [0.1, 0.15) is 119 Å². The van der Waals surface area contributed by atoms with Crippen molar-refractivity contribution < 1.29 is 28.5 Å². The lowest BCUT2D eigenvalue weighted by atomic mass is 9.80. The third kappa shape index (κ3) is 12.9. The molecule has 0 aliphatic heterocycles. The van der Waals surface area contributed by atoms with Crippen LogP contribution in [0.25, 0.3) is 0 Å². The smallest absolute Gasteiger partial charge is 0.338 e. The van der Waals surface area contributed by atoms with Gasteiger partial charge in [-0.15, -0.1) is 0 Å². The van der Waals surface area contributed by atoms with E-state index in [0.717, 1.165) is 11.8 Å². The average Bonchev–Trinajstić information content (AvgIpc) is 3.09. The first kappa shape index (κ1) is 36.3. The Morgan fingerprint density at radius 2 is 1.09 bits per heavy atom. The maximum atomic E-state index is 12.6. The predicted octanol–water partition coefficient (Wildman–Crippen LogP) is 10.2. The van der Waals surface area contributed by atoms with E-state index in [1.54, 1.807) is 55.5 Å². The van der Waals surface area contributed by atoms with Crippen LogP contribution < -0.4 is 9.47 Å². The predicted molar refractivity (Wildman–Crippen MR) is 188 cm³/mol. The molecule has 0 aromatic heterocycles. The summed E-state index contributed by atoms with van der Waals surface area (Å²) in [7, 11) is 0. The van der Waals surface area contributed by atoms with Crippen LogP contribution in [-0.2, 0) is 9.47 Å². The minimum absolute atomic E-state index is 0.0399. The quantitative estimate of drug-likeness (QED) is 0.126. The molecule has 2 aliphatic rings. The molecule has 2 fully saturated rings. The second-order valence-electron chi connectivity index (χ2n) is 13.5. The molecule has 0 spiro atoms. The largest absolute Gasteiger partial charge is 0.490 e. The van der Waals surface area contributed by atoms with E-state index in [4.69, 9.17) is 18.9 Å². The van der Waals surface area contributed by atoms with E-state index in [1.165, 1.54) is 77.0 Å². The lowest BCUT2D eigenvalue weighted by Gasteiger charge is -2.26. The number of hydrogen-bond acceptors (Lipinski definition) is 6. The normalized spacial score (nSPS) is 22.2. The van der Waals surface area contributed by atoms with E-state index in [0.29, 0.717) is 47.7 Å². The summed E-state index contributed by atoms with van der Waals surface area (Å²) in [5.41, 5.74) is 0.833. The highest BCUT2D eigenvalue weighted by molar-refractivity contribution is 5.90. The number of esters is 2. The van der Waals surface area contributed by atoms with Crippen molar-refractivity contribution in [2.45, 2.75) is 104 Å². The van der Waals surface area contributed by atoms with Crippen molar-refractivity contribution in [3.63, 3.8) is 0 Å². The van der Waals surface area contributed by atoms with Crippen LogP contribution in [0.3, 0.4) is 0 Å². The minimum atomic E-state index is -0.597. The Kier molecular flexibility index (Phi) is 15.4. The molecular weight excluding hydrogens is 588 g/mol. The van der Waals surface area contributed by atoms with Crippen LogP contribution >= 0.6 is 0 Å². The fourth-order valence-corrected chi connectivity index (χ4v) is 6.88. The Bertz CT molecular complexity index is 1250. The van der Waals surface area contributed by atoms with E-state index in [-0.39, 0.29) is 6.61 Å². The maximum absolute atomic E-state index is 12.6. The van der Waals surface area contributed by atoms with E-state index in [2.05, 4.69) is 38.2 Å². The average molecular weight is 645 g/mol. The van der Waals surface area contributed by atoms with Gasteiger partial charge >= 0.3 is 11.9 Å². The van der Waals surface area contributed by atoms with Crippen LogP contribution in [0, 0.1) is 23.7 Å². The lowest BCUT2D eigenvalue weighted by molar-refractivity contribution is 0.00447. The van der Waals surface area contributed by atoms with Crippen LogP contribution in [0.5, 0.6) is 11.5 Å². The van der Waals surface area contributed by atoms with E-state index >= 15 is 0 Å². The SMILES string of the molecule is CCCC1CCC(/C=C/COc2ccc(C(=O)OC[C@@H](C)OC(=O)c3ccc(OC/C=C/C4CCC(CCC)CC4)cc3)cc2)CC1. The van der Waals surface area contributed by atoms with Crippen molar-refractivity contribution in [2.24, 2.45) is 23.7 Å². The van der Waals surface area contributed by atoms with E-state index in [1.807, 2.05) is 0 Å². The fourth-order valence-electron chi connectivity index (χ4n) is 6.88. The second-order valence-corrected chi connectivity index (χ2v) is 13.5. The number of allylic oxidation sites excluding steroid dienone is 2. The van der Waals surface area contributed by atoms with Crippen molar-refractivity contribution in [1.82, 2.24) is 0 Å². The molecule has 0 saturated heterocycles. The Labute approximate surface area is 282 Å². The van der Waals surface area contributed by atoms with E-state index < -0.39 is 18.0 Å². The zero-order valence-corrected chi connectivity index (χ0v) is 28.9. The van der Waals surface area contributed by atoms with Gasteiger partial charge in [-0.2, -0.15) is 0 Å². The second kappa shape index (κ2) is 20.0. The third-order valence-corrected chi connectivity index (χ3v) is 9.62. The minimum Gasteiger partial charge on any atom is -0.490 e. The number of benzene rings is 2. The highest BCUT2D eigenvalue weighted by Gasteiger charge is 2.20. The molecule has 0 N–H and O–H groups in total. The van der Waals surface area contributed by atoms with Gasteiger partial charge < -0.3 is 18.9 Å². The number of carbonyl (C=O) groups excluding carboxylic acids is 2. The first-order valence-electron chi connectivity index (χ1n) is 18.1. The summed E-state index contributed by atoms with van der Waals surface area (Å²) in [5.74, 6) is 3.60. The molecule has 0 bridgehead atoms. The number of hydrogen-bond donors (Lipinski definition) is 0. The summed E-state index contributed by atoms with van der Waals surface area (Å²) in [4.78, 5) is 25.2. The van der Waals surface area contributed by atoms with Crippen LogP contribution in [0.15, 0.2) is 72.8 Å². The molecule has 6 heteroatoms. The molecule has 0 amide bonds. The van der Waals surface area contributed by atoms with Gasteiger partial charge in [0.15, 0.2) is 0 Å². The summed E-state index contributed by atoms with van der Waals surface area (Å²) in [6, 6.07) is 13.8. The first-order valence-corrected chi connectivity index (χ1v) is 18.1. The molecule has 0 radical (unpaired) electrons.